The van der Waals surface area contributed by atoms with Crippen molar-refractivity contribution in [1.29, 1.82) is 0 Å². The van der Waals surface area contributed by atoms with E-state index in [1.807, 2.05) is 34.6 Å². The van der Waals surface area contributed by atoms with E-state index in [2.05, 4.69) is 33.0 Å². The molecule has 0 bridgehead atoms. The van der Waals surface area contributed by atoms with Crippen LogP contribution < -0.4 is 10.6 Å². The summed E-state index contributed by atoms with van der Waals surface area (Å²) in [5.74, 6) is 0.0995. The molecule has 0 saturated heterocycles. The largest absolute Gasteiger partial charge is 0.325 e. The van der Waals surface area contributed by atoms with E-state index < -0.39 is 0 Å². The lowest BCUT2D eigenvalue weighted by molar-refractivity contribution is -0.120. The quantitative estimate of drug-likeness (QED) is 0.496. The summed E-state index contributed by atoms with van der Waals surface area (Å²) in [5.41, 5.74) is 4.14. The first-order valence-corrected chi connectivity index (χ1v) is 10.8. The molecule has 1 heterocycles. The number of aryl methyl sites for hydroxylation is 3. The number of anilines is 2. The van der Waals surface area contributed by atoms with Crippen molar-refractivity contribution in [3.05, 3.63) is 28.8 Å². The Morgan fingerprint density at radius 1 is 1.07 bits per heavy atom. The van der Waals surface area contributed by atoms with Crippen LogP contribution in [0, 0.1) is 26.7 Å². The van der Waals surface area contributed by atoms with Gasteiger partial charge in [-0.3, -0.25) is 9.59 Å². The molecule has 1 aromatic heterocycles. The number of hydrogen-bond donors (Lipinski definition) is 2. The summed E-state index contributed by atoms with van der Waals surface area (Å²) >= 11 is 2.60. The monoisotopic (exact) mass is 406 g/mol. The number of carbonyl (C=O) groups is 2. The van der Waals surface area contributed by atoms with E-state index >= 15 is 0 Å². The van der Waals surface area contributed by atoms with Crippen molar-refractivity contribution >= 4 is 45.7 Å². The second-order valence-corrected chi connectivity index (χ2v) is 8.69. The summed E-state index contributed by atoms with van der Waals surface area (Å²) in [6.45, 7) is 10.00. The van der Waals surface area contributed by atoms with Crippen molar-refractivity contribution in [1.82, 2.24) is 10.2 Å². The fraction of sp³-hybridized carbons (Fsp3) is 0.474. The van der Waals surface area contributed by atoms with Crippen molar-refractivity contribution in [3.63, 3.8) is 0 Å². The molecule has 2 aromatic rings. The lowest BCUT2D eigenvalue weighted by Crippen LogP contribution is -2.21. The van der Waals surface area contributed by atoms with Gasteiger partial charge in [0, 0.05) is 11.6 Å². The number of nitrogens with zero attached hydrogens (tertiary/aromatic N) is 2. The molecular weight excluding hydrogens is 380 g/mol. The zero-order chi connectivity index (χ0) is 20.0. The van der Waals surface area contributed by atoms with Gasteiger partial charge in [0.25, 0.3) is 0 Å². The van der Waals surface area contributed by atoms with Crippen LogP contribution in [0.5, 0.6) is 0 Å². The number of aromatic nitrogens is 2. The third kappa shape index (κ3) is 6.04. The predicted molar refractivity (Wildman–Crippen MR) is 113 cm³/mol. The van der Waals surface area contributed by atoms with Gasteiger partial charge in [-0.1, -0.05) is 54.6 Å². The molecule has 0 atom stereocenters. The van der Waals surface area contributed by atoms with E-state index in [0.717, 1.165) is 29.7 Å². The highest BCUT2D eigenvalue weighted by Crippen LogP contribution is 2.27. The second kappa shape index (κ2) is 9.85. The fourth-order valence-electron chi connectivity index (χ4n) is 2.87. The third-order valence-corrected chi connectivity index (χ3v) is 6.23. The second-order valence-electron chi connectivity index (χ2n) is 6.49. The number of thioether (sulfide) groups is 1. The molecule has 8 heteroatoms. The van der Waals surface area contributed by atoms with Gasteiger partial charge in [0.15, 0.2) is 4.34 Å². The number of carbonyl (C=O) groups excluding carboxylic acids is 2. The van der Waals surface area contributed by atoms with Crippen molar-refractivity contribution in [2.24, 2.45) is 5.92 Å². The molecule has 0 spiro atoms. The van der Waals surface area contributed by atoms with Gasteiger partial charge >= 0.3 is 0 Å². The smallest absolute Gasteiger partial charge is 0.234 e. The van der Waals surface area contributed by atoms with Crippen molar-refractivity contribution in [2.75, 3.05) is 16.4 Å². The lowest BCUT2D eigenvalue weighted by Gasteiger charge is -2.12. The van der Waals surface area contributed by atoms with Gasteiger partial charge < -0.3 is 10.6 Å². The summed E-state index contributed by atoms with van der Waals surface area (Å²) in [7, 11) is 0. The molecule has 0 fully saturated rings. The molecule has 0 aliphatic heterocycles. The molecule has 0 aliphatic rings. The maximum Gasteiger partial charge on any atom is 0.234 e. The van der Waals surface area contributed by atoms with Gasteiger partial charge in [-0.2, -0.15) is 0 Å². The fourth-order valence-corrected chi connectivity index (χ4v) is 4.42. The minimum Gasteiger partial charge on any atom is -0.325 e. The molecule has 0 aliphatic carbocycles. The van der Waals surface area contributed by atoms with Crippen LogP contribution in [0.4, 0.5) is 10.8 Å². The van der Waals surface area contributed by atoms with E-state index in [4.69, 9.17) is 0 Å². The van der Waals surface area contributed by atoms with E-state index in [0.29, 0.717) is 9.47 Å². The Bertz CT molecular complexity index is 793. The summed E-state index contributed by atoms with van der Waals surface area (Å²) in [4.78, 5) is 24.4. The zero-order valence-corrected chi connectivity index (χ0v) is 18.0. The molecule has 2 amide bonds. The Morgan fingerprint density at radius 3 is 2.30 bits per heavy atom. The summed E-state index contributed by atoms with van der Waals surface area (Å²) in [6.07, 6.45) is 1.58. The topological polar surface area (TPSA) is 84.0 Å². The van der Waals surface area contributed by atoms with Gasteiger partial charge in [-0.25, -0.2) is 0 Å². The van der Waals surface area contributed by atoms with Gasteiger partial charge in [-0.15, -0.1) is 10.2 Å². The Kier molecular flexibility index (Phi) is 7.79. The molecule has 2 rings (SSSR count). The van der Waals surface area contributed by atoms with Crippen LogP contribution in [0.2, 0.25) is 0 Å². The Hall–Kier alpha value is -1.93. The van der Waals surface area contributed by atoms with Crippen molar-refractivity contribution in [3.8, 4) is 0 Å². The zero-order valence-electron chi connectivity index (χ0n) is 16.4. The summed E-state index contributed by atoms with van der Waals surface area (Å²) < 4.78 is 0.655. The highest BCUT2D eigenvalue weighted by atomic mass is 32.2. The first kappa shape index (κ1) is 21.4. The van der Waals surface area contributed by atoms with Gasteiger partial charge in [0.2, 0.25) is 16.9 Å². The first-order chi connectivity index (χ1) is 12.8. The van der Waals surface area contributed by atoms with Crippen LogP contribution in [-0.4, -0.2) is 27.8 Å². The van der Waals surface area contributed by atoms with E-state index in [1.54, 1.807) is 0 Å². The lowest BCUT2D eigenvalue weighted by atomic mass is 10.0. The van der Waals surface area contributed by atoms with E-state index in [1.165, 1.54) is 28.7 Å². The Morgan fingerprint density at radius 2 is 1.70 bits per heavy atom. The SMILES string of the molecule is CCC(CC)C(=O)Nc1nnc(SCC(=O)Nc2c(C)cc(C)cc2C)s1. The highest BCUT2D eigenvalue weighted by molar-refractivity contribution is 8.01. The molecule has 2 N–H and O–H groups in total. The molecule has 6 nitrogen and oxygen atoms in total. The predicted octanol–water partition coefficient (Wildman–Crippen LogP) is 4.57. The van der Waals surface area contributed by atoms with Crippen LogP contribution in [0.1, 0.15) is 43.4 Å². The molecule has 1 aromatic carbocycles. The maximum atomic E-state index is 12.3. The molecule has 146 valence electrons. The van der Waals surface area contributed by atoms with Gasteiger partial charge in [0.05, 0.1) is 5.75 Å². The normalized spacial score (nSPS) is 10.9. The average Bonchev–Trinajstić information content (AvgIpc) is 3.04. The van der Waals surface area contributed by atoms with Crippen LogP contribution in [0.3, 0.4) is 0 Å². The molecule has 0 saturated carbocycles. The molecular formula is C19H26N4O2S2. The van der Waals surface area contributed by atoms with E-state index in [-0.39, 0.29) is 23.5 Å². The minimum atomic E-state index is -0.0899. The standard InChI is InChI=1S/C19H26N4O2S2/c1-6-14(7-2)17(25)21-18-22-23-19(27-18)26-10-15(24)20-16-12(4)8-11(3)9-13(16)5/h8-9,14H,6-7,10H2,1-5H3,(H,20,24)(H,21,22,25). The van der Waals surface area contributed by atoms with Crippen LogP contribution >= 0.6 is 23.1 Å². The summed E-state index contributed by atoms with van der Waals surface area (Å²) in [5, 5.41) is 14.3. The first-order valence-electron chi connectivity index (χ1n) is 8.98. The summed E-state index contributed by atoms with van der Waals surface area (Å²) in [6, 6.07) is 4.10. The van der Waals surface area contributed by atoms with Gasteiger partial charge in [0.1, 0.15) is 0 Å². The van der Waals surface area contributed by atoms with Gasteiger partial charge in [-0.05, 0) is 44.7 Å². The van der Waals surface area contributed by atoms with Crippen molar-refractivity contribution < 1.29 is 9.59 Å². The Labute approximate surface area is 168 Å². The van der Waals surface area contributed by atoms with Crippen LogP contribution in [0.25, 0.3) is 0 Å². The molecule has 0 radical (unpaired) electrons. The molecule has 0 unspecified atom stereocenters. The maximum absolute atomic E-state index is 12.3. The van der Waals surface area contributed by atoms with E-state index in [9.17, 15) is 9.59 Å². The Balaban J connectivity index is 1.89. The minimum absolute atomic E-state index is 0.0169. The number of hydrogen-bond acceptors (Lipinski definition) is 6. The van der Waals surface area contributed by atoms with Crippen molar-refractivity contribution in [2.45, 2.75) is 51.8 Å². The molecule has 27 heavy (non-hydrogen) atoms. The average molecular weight is 407 g/mol. The number of benzene rings is 1. The third-order valence-electron chi connectivity index (χ3n) is 4.26. The highest BCUT2D eigenvalue weighted by Gasteiger charge is 2.17. The number of amides is 2. The van der Waals surface area contributed by atoms with Crippen LogP contribution in [0.15, 0.2) is 16.5 Å². The number of nitrogens with one attached hydrogen (secondary N) is 2. The van der Waals surface area contributed by atoms with Crippen LogP contribution in [-0.2, 0) is 9.59 Å². The number of rotatable bonds is 8.